The first kappa shape index (κ1) is 13.9. The van der Waals surface area contributed by atoms with E-state index < -0.39 is 0 Å². The first-order valence-corrected chi connectivity index (χ1v) is 6.42. The summed E-state index contributed by atoms with van der Waals surface area (Å²) in [5.41, 5.74) is 0.992. The summed E-state index contributed by atoms with van der Waals surface area (Å²) < 4.78 is 0.824. The van der Waals surface area contributed by atoms with E-state index in [2.05, 4.69) is 39.7 Å². The summed E-state index contributed by atoms with van der Waals surface area (Å²) >= 11 is 9.51. The summed E-state index contributed by atoms with van der Waals surface area (Å²) in [5, 5.41) is 0.502. The topological polar surface area (TPSA) is 29.0 Å². The molecule has 1 aromatic rings. The number of halogens is 2. The van der Waals surface area contributed by atoms with Crippen molar-refractivity contribution in [1.82, 2.24) is 14.9 Å². The summed E-state index contributed by atoms with van der Waals surface area (Å²) in [4.78, 5) is 10.8. The monoisotopic (exact) mass is 305 g/mol. The van der Waals surface area contributed by atoms with Gasteiger partial charge in [-0.15, -0.1) is 0 Å². The van der Waals surface area contributed by atoms with E-state index in [1.807, 2.05) is 19.0 Å². The van der Waals surface area contributed by atoms with Crippen LogP contribution in [0.1, 0.15) is 25.4 Å². The number of hydrogen-bond acceptors (Lipinski definition) is 3. The fourth-order valence-electron chi connectivity index (χ4n) is 1.39. The summed E-state index contributed by atoms with van der Waals surface area (Å²) in [7, 11) is 3.98. The van der Waals surface area contributed by atoms with Crippen molar-refractivity contribution in [3.05, 3.63) is 21.1 Å². The molecule has 0 atom stereocenters. The molecular formula is C11H17BrClN3. The zero-order valence-corrected chi connectivity index (χ0v) is 12.4. The van der Waals surface area contributed by atoms with Crippen molar-refractivity contribution in [3.8, 4) is 0 Å². The van der Waals surface area contributed by atoms with E-state index in [1.165, 1.54) is 0 Å². The predicted molar refractivity (Wildman–Crippen MR) is 70.7 cm³/mol. The highest BCUT2D eigenvalue weighted by atomic mass is 79.9. The van der Waals surface area contributed by atoms with E-state index in [0.717, 1.165) is 22.4 Å². The van der Waals surface area contributed by atoms with Crippen molar-refractivity contribution in [2.75, 3.05) is 14.1 Å². The predicted octanol–water partition coefficient (Wildman–Crippen LogP) is 3.15. The largest absolute Gasteiger partial charge is 0.302 e. The van der Waals surface area contributed by atoms with Crippen LogP contribution < -0.4 is 0 Å². The van der Waals surface area contributed by atoms with E-state index in [-0.39, 0.29) is 0 Å². The Morgan fingerprint density at radius 1 is 1.31 bits per heavy atom. The SMILES string of the molecule is CC(C)Cc1nc(CN(C)C)nc(Cl)c1Br. The second kappa shape index (κ2) is 5.94. The first-order chi connectivity index (χ1) is 7.40. The quantitative estimate of drug-likeness (QED) is 0.800. The summed E-state index contributed by atoms with van der Waals surface area (Å²) in [6.07, 6.45) is 0.906. The highest BCUT2D eigenvalue weighted by Crippen LogP contribution is 2.25. The minimum absolute atomic E-state index is 0.502. The lowest BCUT2D eigenvalue weighted by Crippen LogP contribution is -2.15. The van der Waals surface area contributed by atoms with Gasteiger partial charge in [-0.2, -0.15) is 0 Å². The van der Waals surface area contributed by atoms with Crippen LogP contribution in [0.3, 0.4) is 0 Å². The van der Waals surface area contributed by atoms with Crippen molar-refractivity contribution >= 4 is 27.5 Å². The summed E-state index contributed by atoms with van der Waals surface area (Å²) in [5.74, 6) is 1.32. The van der Waals surface area contributed by atoms with Crippen LogP contribution in [0.2, 0.25) is 5.15 Å². The van der Waals surface area contributed by atoms with Crippen molar-refractivity contribution in [2.45, 2.75) is 26.8 Å². The van der Waals surface area contributed by atoms with Crippen molar-refractivity contribution in [2.24, 2.45) is 5.92 Å². The third-order valence-corrected chi connectivity index (χ3v) is 3.32. The molecule has 0 saturated heterocycles. The molecule has 0 aliphatic heterocycles. The van der Waals surface area contributed by atoms with Gasteiger partial charge in [-0.25, -0.2) is 9.97 Å². The molecule has 0 amide bonds. The molecule has 5 heteroatoms. The Labute approximate surface area is 110 Å². The first-order valence-electron chi connectivity index (χ1n) is 5.25. The average Bonchev–Trinajstić information content (AvgIpc) is 2.11. The van der Waals surface area contributed by atoms with Gasteiger partial charge < -0.3 is 4.90 Å². The molecule has 16 heavy (non-hydrogen) atoms. The molecule has 0 bridgehead atoms. The standard InChI is InChI=1S/C11H17BrClN3/c1-7(2)5-8-10(12)11(13)15-9(14-8)6-16(3)4/h7H,5-6H2,1-4H3. The zero-order chi connectivity index (χ0) is 12.3. The lowest BCUT2D eigenvalue weighted by molar-refractivity contribution is 0.389. The Kier molecular flexibility index (Phi) is 5.15. The average molecular weight is 307 g/mol. The van der Waals surface area contributed by atoms with Crippen LogP contribution in [0, 0.1) is 5.92 Å². The zero-order valence-electron chi connectivity index (χ0n) is 10.1. The van der Waals surface area contributed by atoms with Crippen LogP contribution in [0.25, 0.3) is 0 Å². The fraction of sp³-hybridized carbons (Fsp3) is 0.636. The van der Waals surface area contributed by atoms with E-state index in [4.69, 9.17) is 11.6 Å². The number of hydrogen-bond donors (Lipinski definition) is 0. The molecule has 0 radical (unpaired) electrons. The molecule has 0 spiro atoms. The van der Waals surface area contributed by atoms with Gasteiger partial charge in [0.2, 0.25) is 0 Å². The maximum absolute atomic E-state index is 6.07. The Hall–Kier alpha value is -0.190. The second-order valence-corrected chi connectivity index (χ2v) is 5.68. The molecule has 0 fully saturated rings. The molecule has 90 valence electrons. The molecule has 1 aromatic heterocycles. The third-order valence-electron chi connectivity index (χ3n) is 1.98. The molecule has 3 nitrogen and oxygen atoms in total. The number of nitrogens with zero attached hydrogens (tertiary/aromatic N) is 3. The van der Waals surface area contributed by atoms with E-state index >= 15 is 0 Å². The Balaban J connectivity index is 3.01. The van der Waals surface area contributed by atoms with Crippen molar-refractivity contribution in [3.63, 3.8) is 0 Å². The van der Waals surface area contributed by atoms with Crippen LogP contribution in [0.5, 0.6) is 0 Å². The normalized spacial score (nSPS) is 11.5. The van der Waals surface area contributed by atoms with Gasteiger partial charge in [0.25, 0.3) is 0 Å². The van der Waals surface area contributed by atoms with Crippen LogP contribution in [0.15, 0.2) is 4.47 Å². The molecule has 0 aliphatic rings. The Morgan fingerprint density at radius 3 is 2.44 bits per heavy atom. The van der Waals surface area contributed by atoms with Gasteiger partial charge in [0, 0.05) is 0 Å². The molecule has 0 unspecified atom stereocenters. The van der Waals surface area contributed by atoms with E-state index in [1.54, 1.807) is 0 Å². The van der Waals surface area contributed by atoms with Gasteiger partial charge in [-0.1, -0.05) is 25.4 Å². The van der Waals surface area contributed by atoms with E-state index in [9.17, 15) is 0 Å². The molecule has 1 heterocycles. The van der Waals surface area contributed by atoms with Crippen LogP contribution in [-0.4, -0.2) is 29.0 Å². The van der Waals surface area contributed by atoms with Crippen LogP contribution >= 0.6 is 27.5 Å². The van der Waals surface area contributed by atoms with Gasteiger partial charge in [-0.05, 0) is 42.4 Å². The number of rotatable bonds is 4. The van der Waals surface area contributed by atoms with Gasteiger partial charge in [0.05, 0.1) is 16.7 Å². The minimum atomic E-state index is 0.502. The third kappa shape index (κ3) is 4.00. The van der Waals surface area contributed by atoms with Gasteiger partial charge in [0.15, 0.2) is 0 Å². The second-order valence-electron chi connectivity index (χ2n) is 4.53. The lowest BCUT2D eigenvalue weighted by atomic mass is 10.1. The smallest absolute Gasteiger partial charge is 0.147 e. The van der Waals surface area contributed by atoms with Crippen molar-refractivity contribution < 1.29 is 0 Å². The highest BCUT2D eigenvalue weighted by Gasteiger charge is 2.12. The lowest BCUT2D eigenvalue weighted by Gasteiger charge is -2.12. The van der Waals surface area contributed by atoms with E-state index in [0.29, 0.717) is 17.6 Å². The van der Waals surface area contributed by atoms with Crippen LogP contribution in [0.4, 0.5) is 0 Å². The molecule has 1 rings (SSSR count). The van der Waals surface area contributed by atoms with Crippen molar-refractivity contribution in [1.29, 1.82) is 0 Å². The summed E-state index contributed by atoms with van der Waals surface area (Å²) in [6.45, 7) is 5.03. The molecule has 0 aromatic carbocycles. The minimum Gasteiger partial charge on any atom is -0.302 e. The Morgan fingerprint density at radius 2 is 1.94 bits per heavy atom. The highest BCUT2D eigenvalue weighted by molar-refractivity contribution is 9.10. The molecular weight excluding hydrogens is 289 g/mol. The fourth-order valence-corrected chi connectivity index (χ4v) is 1.93. The molecule has 0 saturated carbocycles. The number of aromatic nitrogens is 2. The molecule has 0 aliphatic carbocycles. The van der Waals surface area contributed by atoms with Gasteiger partial charge in [-0.3, -0.25) is 0 Å². The maximum Gasteiger partial charge on any atom is 0.147 e. The van der Waals surface area contributed by atoms with Crippen LogP contribution in [-0.2, 0) is 13.0 Å². The Bertz CT molecular complexity index is 366. The van der Waals surface area contributed by atoms with Gasteiger partial charge >= 0.3 is 0 Å². The summed E-state index contributed by atoms with van der Waals surface area (Å²) in [6, 6.07) is 0. The molecule has 0 N–H and O–H groups in total. The van der Waals surface area contributed by atoms with Gasteiger partial charge in [0.1, 0.15) is 11.0 Å². The maximum atomic E-state index is 6.07.